The van der Waals surface area contributed by atoms with Crippen LogP contribution in [0.15, 0.2) is 0 Å². The molecule has 0 aromatic rings. The number of hydrogen-bond acceptors (Lipinski definition) is 0. The van der Waals surface area contributed by atoms with Gasteiger partial charge in [0, 0.05) is 0 Å². The molecule has 0 fully saturated rings. The van der Waals surface area contributed by atoms with E-state index in [-0.39, 0.29) is 0 Å². The van der Waals surface area contributed by atoms with Crippen LogP contribution >= 0.6 is 0 Å². The van der Waals surface area contributed by atoms with Crippen molar-refractivity contribution in [3.05, 3.63) is 0 Å². The third-order valence-electron chi connectivity index (χ3n) is 2.26. The summed E-state index contributed by atoms with van der Waals surface area (Å²) in [5.74, 6) is 0. The summed E-state index contributed by atoms with van der Waals surface area (Å²) in [6, 6.07) is 3.04. The van der Waals surface area contributed by atoms with E-state index < -0.39 is 11.2 Å². The standard InChI is InChI=1S/C8H22Si2Te/c1-7-9(3,4)11-10(5,6)8-2/h7-8H2,1-6H3. The molecule has 0 radical (unpaired) electrons. The Balaban J connectivity index is 4.02. The van der Waals surface area contributed by atoms with Crippen LogP contribution in [0.3, 0.4) is 0 Å². The van der Waals surface area contributed by atoms with Crippen LogP contribution in [-0.2, 0) is 0 Å². The predicted octanol–water partition coefficient (Wildman–Crippen LogP) is 3.14. The van der Waals surface area contributed by atoms with E-state index in [9.17, 15) is 0 Å². The van der Waals surface area contributed by atoms with Crippen LogP contribution in [0.1, 0.15) is 13.8 Å². The molecule has 0 atom stereocenters. The second-order valence-corrected chi connectivity index (χ2v) is 37.8. The fraction of sp³-hybridized carbons (Fsp3) is 1.00. The van der Waals surface area contributed by atoms with Gasteiger partial charge < -0.3 is 0 Å². The summed E-state index contributed by atoms with van der Waals surface area (Å²) in [4.78, 5) is 0. The van der Waals surface area contributed by atoms with Crippen molar-refractivity contribution in [2.24, 2.45) is 0 Å². The first-order chi connectivity index (χ1) is 4.83. The molecule has 0 rings (SSSR count). The minimum absolute atomic E-state index is 0.426. The zero-order valence-electron chi connectivity index (χ0n) is 8.82. The third-order valence-corrected chi connectivity index (χ3v) is 43.4. The number of rotatable bonds is 4. The zero-order valence-corrected chi connectivity index (χ0v) is 13.2. The van der Waals surface area contributed by atoms with Gasteiger partial charge in [-0.25, -0.2) is 0 Å². The van der Waals surface area contributed by atoms with Crippen molar-refractivity contribution in [1.29, 1.82) is 0 Å². The molecule has 0 aliphatic rings. The van der Waals surface area contributed by atoms with Crippen molar-refractivity contribution in [3.63, 3.8) is 0 Å². The van der Waals surface area contributed by atoms with Gasteiger partial charge >= 0.3 is 82.7 Å². The van der Waals surface area contributed by atoms with Crippen molar-refractivity contribution in [2.75, 3.05) is 0 Å². The first-order valence-electron chi connectivity index (χ1n) is 4.53. The Morgan fingerprint density at radius 2 is 1.09 bits per heavy atom. The Bertz CT molecular complexity index is 107. The van der Waals surface area contributed by atoms with Crippen molar-refractivity contribution in [2.45, 2.75) is 52.1 Å². The van der Waals surface area contributed by atoms with Crippen LogP contribution in [0.5, 0.6) is 0 Å². The van der Waals surface area contributed by atoms with Gasteiger partial charge in [0.05, 0.1) is 0 Å². The van der Waals surface area contributed by atoms with E-state index in [0.29, 0.717) is 19.3 Å². The second-order valence-electron chi connectivity index (χ2n) is 4.33. The molecule has 0 aromatic heterocycles. The van der Waals surface area contributed by atoms with Gasteiger partial charge in [0.25, 0.3) is 0 Å². The molecule has 0 nitrogen and oxygen atoms in total. The average Bonchev–Trinajstić information content (AvgIpc) is 1.86. The SMILES string of the molecule is CC[Si](C)(C)[Te][Si](C)(C)CC. The first-order valence-corrected chi connectivity index (χ1v) is 17.8. The molecule has 0 heterocycles. The van der Waals surface area contributed by atoms with Gasteiger partial charge in [-0.15, -0.1) is 0 Å². The Morgan fingerprint density at radius 3 is 1.27 bits per heavy atom. The van der Waals surface area contributed by atoms with Gasteiger partial charge in [-0.05, 0) is 0 Å². The molecule has 0 amide bonds. The molecular formula is C8H22Si2Te. The first kappa shape index (κ1) is 12.2. The molecule has 3 heteroatoms. The molecule has 0 aromatic carbocycles. The van der Waals surface area contributed by atoms with Gasteiger partial charge in [-0.2, -0.15) is 0 Å². The second kappa shape index (κ2) is 4.46. The fourth-order valence-corrected chi connectivity index (χ4v) is 53.9. The Hall–Kier alpha value is 1.22. The van der Waals surface area contributed by atoms with Crippen molar-refractivity contribution in [3.8, 4) is 0 Å². The van der Waals surface area contributed by atoms with Crippen LogP contribution in [0, 0.1) is 0 Å². The molecule has 0 N–H and O–H groups in total. The summed E-state index contributed by atoms with van der Waals surface area (Å²) in [7, 11) is 0. The van der Waals surface area contributed by atoms with Gasteiger partial charge in [0.2, 0.25) is 0 Å². The summed E-state index contributed by atoms with van der Waals surface area (Å²) in [5, 5.41) is 0. The Morgan fingerprint density at radius 1 is 0.818 bits per heavy atom. The van der Waals surface area contributed by atoms with Gasteiger partial charge in [0.1, 0.15) is 0 Å². The number of hydrogen-bond donors (Lipinski definition) is 0. The zero-order chi connectivity index (χ0) is 9.12. The van der Waals surface area contributed by atoms with E-state index in [1.54, 1.807) is 0 Å². The third kappa shape index (κ3) is 5.46. The summed E-state index contributed by atoms with van der Waals surface area (Å²) in [5.41, 5.74) is -1.28. The average molecular weight is 302 g/mol. The van der Waals surface area contributed by atoms with E-state index in [1.165, 1.54) is 12.1 Å². The van der Waals surface area contributed by atoms with E-state index in [4.69, 9.17) is 0 Å². The van der Waals surface area contributed by atoms with Crippen LogP contribution in [0.25, 0.3) is 0 Å². The van der Waals surface area contributed by atoms with E-state index in [1.807, 2.05) is 0 Å². The van der Waals surface area contributed by atoms with Crippen LogP contribution in [0.4, 0.5) is 0 Å². The summed E-state index contributed by atoms with van der Waals surface area (Å²) in [6.45, 7) is 15.2. The van der Waals surface area contributed by atoms with Crippen LogP contribution in [-0.4, -0.2) is 30.6 Å². The molecule has 0 unspecified atom stereocenters. The molecule has 11 heavy (non-hydrogen) atoms. The Kier molecular flexibility index (Phi) is 4.95. The molecular weight excluding hydrogens is 280 g/mol. The molecule has 0 spiro atoms. The maximum absolute atomic E-state index is 2.60. The van der Waals surface area contributed by atoms with Crippen LogP contribution < -0.4 is 0 Å². The van der Waals surface area contributed by atoms with E-state index in [0.717, 1.165) is 0 Å². The summed E-state index contributed by atoms with van der Waals surface area (Å²) >= 11 is 0.426. The normalized spacial score (nSPS) is 13.6. The molecule has 0 aliphatic carbocycles. The molecule has 68 valence electrons. The minimum atomic E-state index is -0.642. The fourth-order valence-electron chi connectivity index (χ4n) is 0.892. The van der Waals surface area contributed by atoms with Crippen LogP contribution in [0.2, 0.25) is 38.3 Å². The van der Waals surface area contributed by atoms with Crippen molar-refractivity contribution < 1.29 is 0 Å². The summed E-state index contributed by atoms with van der Waals surface area (Å²) < 4.78 is 0. The molecule has 0 aliphatic heterocycles. The van der Waals surface area contributed by atoms with Gasteiger partial charge in [-0.1, -0.05) is 0 Å². The van der Waals surface area contributed by atoms with E-state index >= 15 is 0 Å². The molecule has 0 saturated carbocycles. The van der Waals surface area contributed by atoms with Gasteiger partial charge in [-0.3, -0.25) is 0 Å². The Labute approximate surface area is 82.4 Å². The predicted molar refractivity (Wildman–Crippen MR) is 61.7 cm³/mol. The molecule has 0 bridgehead atoms. The van der Waals surface area contributed by atoms with Crippen molar-refractivity contribution >= 4 is 30.6 Å². The monoisotopic (exact) mass is 304 g/mol. The summed E-state index contributed by atoms with van der Waals surface area (Å²) in [6.07, 6.45) is 0. The quantitative estimate of drug-likeness (QED) is 0.700. The van der Waals surface area contributed by atoms with Crippen molar-refractivity contribution in [1.82, 2.24) is 0 Å². The molecule has 0 saturated heterocycles. The van der Waals surface area contributed by atoms with E-state index in [2.05, 4.69) is 40.0 Å². The van der Waals surface area contributed by atoms with Gasteiger partial charge in [0.15, 0.2) is 0 Å². The maximum atomic E-state index is 2.60. The topological polar surface area (TPSA) is 0 Å².